The van der Waals surface area contributed by atoms with Crippen molar-refractivity contribution < 1.29 is 29.0 Å². The summed E-state index contributed by atoms with van der Waals surface area (Å²) in [6.45, 7) is 0. The van der Waals surface area contributed by atoms with Gasteiger partial charge >= 0.3 is 11.9 Å². The van der Waals surface area contributed by atoms with Crippen molar-refractivity contribution in [2.24, 2.45) is 0 Å². The summed E-state index contributed by atoms with van der Waals surface area (Å²) in [6, 6.07) is 2.06. The van der Waals surface area contributed by atoms with E-state index in [0.29, 0.717) is 4.47 Å². The quantitative estimate of drug-likeness (QED) is 0.725. The Morgan fingerprint density at radius 2 is 1.95 bits per heavy atom. The van der Waals surface area contributed by atoms with Crippen molar-refractivity contribution in [1.29, 1.82) is 0 Å². The molecule has 20 heavy (non-hydrogen) atoms. The lowest BCUT2D eigenvalue weighted by Gasteiger charge is -2.14. The summed E-state index contributed by atoms with van der Waals surface area (Å²) in [6.07, 6.45) is -0.662. The van der Waals surface area contributed by atoms with Gasteiger partial charge in [0.2, 0.25) is 0 Å². The van der Waals surface area contributed by atoms with Crippen LogP contribution >= 0.6 is 15.9 Å². The number of benzene rings is 1. The number of rotatable bonds is 6. The largest absolute Gasteiger partial charge is 0.481 e. The third-order valence-electron chi connectivity index (χ3n) is 2.42. The van der Waals surface area contributed by atoms with E-state index in [1.54, 1.807) is 0 Å². The van der Waals surface area contributed by atoms with Crippen LogP contribution in [0.5, 0.6) is 0 Å². The van der Waals surface area contributed by atoms with Gasteiger partial charge in [0.05, 0.1) is 5.56 Å². The SMILES string of the molecule is O=C(O)CCC(NC(=O)c1cc(F)ccc1Br)C(=O)O. The number of nitrogens with one attached hydrogen (secondary N) is 1. The van der Waals surface area contributed by atoms with E-state index in [9.17, 15) is 18.8 Å². The highest BCUT2D eigenvalue weighted by Crippen LogP contribution is 2.18. The van der Waals surface area contributed by atoms with Crippen molar-refractivity contribution in [3.05, 3.63) is 34.1 Å². The molecule has 8 heteroatoms. The third-order valence-corrected chi connectivity index (χ3v) is 3.11. The number of aliphatic carboxylic acids is 2. The van der Waals surface area contributed by atoms with Crippen LogP contribution in [0.3, 0.4) is 0 Å². The molecule has 0 saturated carbocycles. The highest BCUT2D eigenvalue weighted by Gasteiger charge is 2.22. The zero-order chi connectivity index (χ0) is 15.3. The molecule has 0 aromatic heterocycles. The molecule has 1 atom stereocenters. The van der Waals surface area contributed by atoms with E-state index in [0.717, 1.165) is 12.1 Å². The smallest absolute Gasteiger partial charge is 0.326 e. The fraction of sp³-hybridized carbons (Fsp3) is 0.250. The molecule has 1 aromatic rings. The lowest BCUT2D eigenvalue weighted by Crippen LogP contribution is -2.41. The minimum Gasteiger partial charge on any atom is -0.481 e. The molecule has 1 unspecified atom stereocenters. The first-order chi connectivity index (χ1) is 9.31. The first-order valence-corrected chi connectivity index (χ1v) is 6.31. The lowest BCUT2D eigenvalue weighted by molar-refractivity contribution is -0.140. The van der Waals surface area contributed by atoms with E-state index in [2.05, 4.69) is 21.2 Å². The molecule has 3 N–H and O–H groups in total. The highest BCUT2D eigenvalue weighted by atomic mass is 79.9. The van der Waals surface area contributed by atoms with Crippen LogP contribution in [0.4, 0.5) is 4.39 Å². The Labute approximate surface area is 121 Å². The average molecular weight is 348 g/mol. The van der Waals surface area contributed by atoms with Crippen LogP contribution in [-0.4, -0.2) is 34.1 Å². The summed E-state index contributed by atoms with van der Waals surface area (Å²) in [5, 5.41) is 19.6. The van der Waals surface area contributed by atoms with Gasteiger partial charge < -0.3 is 15.5 Å². The Morgan fingerprint density at radius 3 is 2.50 bits per heavy atom. The zero-order valence-electron chi connectivity index (χ0n) is 10.1. The zero-order valence-corrected chi connectivity index (χ0v) is 11.7. The van der Waals surface area contributed by atoms with E-state index in [1.807, 2.05) is 0 Å². The molecule has 1 aromatic carbocycles. The topological polar surface area (TPSA) is 104 Å². The molecule has 0 fully saturated rings. The Hall–Kier alpha value is -1.96. The molecule has 0 aliphatic rings. The molecule has 0 aliphatic heterocycles. The first-order valence-electron chi connectivity index (χ1n) is 5.51. The van der Waals surface area contributed by atoms with Gasteiger partial charge in [-0.2, -0.15) is 0 Å². The Morgan fingerprint density at radius 1 is 1.30 bits per heavy atom. The third kappa shape index (κ3) is 4.61. The number of hydrogen-bond donors (Lipinski definition) is 3. The molecule has 108 valence electrons. The molecule has 0 aliphatic carbocycles. The van der Waals surface area contributed by atoms with Crippen molar-refractivity contribution in [3.8, 4) is 0 Å². The summed E-state index contributed by atoms with van der Waals surface area (Å²) in [5.41, 5.74) is -0.0634. The van der Waals surface area contributed by atoms with E-state index >= 15 is 0 Å². The van der Waals surface area contributed by atoms with Crippen LogP contribution in [0, 0.1) is 5.82 Å². The summed E-state index contributed by atoms with van der Waals surface area (Å²) in [5.74, 6) is -3.96. The van der Waals surface area contributed by atoms with Crippen LogP contribution < -0.4 is 5.32 Å². The fourth-order valence-corrected chi connectivity index (χ4v) is 1.86. The molecular weight excluding hydrogens is 337 g/mol. The molecule has 0 bridgehead atoms. The Balaban J connectivity index is 2.82. The number of carbonyl (C=O) groups is 3. The predicted molar refractivity (Wildman–Crippen MR) is 69.9 cm³/mol. The maximum atomic E-state index is 13.1. The minimum absolute atomic E-state index is 0.0634. The number of amides is 1. The summed E-state index contributed by atoms with van der Waals surface area (Å²) in [4.78, 5) is 33.2. The number of carboxylic acids is 2. The number of halogens is 2. The normalized spacial score (nSPS) is 11.7. The van der Waals surface area contributed by atoms with Gasteiger partial charge in [-0.1, -0.05) is 0 Å². The van der Waals surface area contributed by atoms with Gasteiger partial charge in [-0.25, -0.2) is 9.18 Å². The summed E-state index contributed by atoms with van der Waals surface area (Å²) in [7, 11) is 0. The fourth-order valence-electron chi connectivity index (χ4n) is 1.43. The molecule has 0 spiro atoms. The van der Waals surface area contributed by atoms with E-state index in [-0.39, 0.29) is 12.0 Å². The van der Waals surface area contributed by atoms with Crippen LogP contribution in [0.1, 0.15) is 23.2 Å². The minimum atomic E-state index is -1.35. The van der Waals surface area contributed by atoms with Crippen molar-refractivity contribution in [1.82, 2.24) is 5.32 Å². The van der Waals surface area contributed by atoms with Gasteiger partial charge in [0.25, 0.3) is 5.91 Å². The van der Waals surface area contributed by atoms with Crippen LogP contribution in [0.2, 0.25) is 0 Å². The molecule has 0 saturated heterocycles. The molecule has 0 heterocycles. The summed E-state index contributed by atoms with van der Waals surface area (Å²) < 4.78 is 13.4. The second kappa shape index (κ2) is 6.99. The molecule has 0 radical (unpaired) electrons. The molecule has 6 nitrogen and oxygen atoms in total. The molecule has 1 amide bonds. The molecule has 1 rings (SSSR count). The second-order valence-corrected chi connectivity index (χ2v) is 4.78. The van der Waals surface area contributed by atoms with Gasteiger partial charge in [0.15, 0.2) is 0 Å². The van der Waals surface area contributed by atoms with Gasteiger partial charge in [-0.3, -0.25) is 9.59 Å². The second-order valence-electron chi connectivity index (χ2n) is 3.92. The Kier molecular flexibility index (Phi) is 5.63. The number of hydrogen-bond acceptors (Lipinski definition) is 3. The van der Waals surface area contributed by atoms with Crippen molar-refractivity contribution in [3.63, 3.8) is 0 Å². The van der Waals surface area contributed by atoms with Gasteiger partial charge in [-0.15, -0.1) is 0 Å². The van der Waals surface area contributed by atoms with Crippen molar-refractivity contribution in [2.75, 3.05) is 0 Å². The maximum Gasteiger partial charge on any atom is 0.326 e. The maximum absolute atomic E-state index is 13.1. The van der Waals surface area contributed by atoms with Gasteiger partial charge in [-0.05, 0) is 40.5 Å². The van der Waals surface area contributed by atoms with Crippen molar-refractivity contribution in [2.45, 2.75) is 18.9 Å². The van der Waals surface area contributed by atoms with Gasteiger partial charge in [0, 0.05) is 10.9 Å². The predicted octanol–water partition coefficient (Wildman–Crippen LogP) is 1.64. The highest BCUT2D eigenvalue weighted by molar-refractivity contribution is 9.10. The van der Waals surface area contributed by atoms with E-state index < -0.39 is 36.1 Å². The lowest BCUT2D eigenvalue weighted by atomic mass is 10.1. The Bertz CT molecular complexity index is 549. The van der Waals surface area contributed by atoms with E-state index in [4.69, 9.17) is 10.2 Å². The summed E-state index contributed by atoms with van der Waals surface area (Å²) >= 11 is 3.05. The van der Waals surface area contributed by atoms with Crippen molar-refractivity contribution >= 4 is 33.8 Å². The molecular formula is C12H11BrFNO5. The van der Waals surface area contributed by atoms with Crippen LogP contribution in [-0.2, 0) is 9.59 Å². The van der Waals surface area contributed by atoms with Gasteiger partial charge in [0.1, 0.15) is 11.9 Å². The number of carbonyl (C=O) groups excluding carboxylic acids is 1. The first kappa shape index (κ1) is 16.1. The monoisotopic (exact) mass is 347 g/mol. The standard InChI is InChI=1S/C12H11BrFNO5/c13-8-2-1-6(14)5-7(8)11(18)15-9(12(19)20)3-4-10(16)17/h1-2,5,9H,3-4H2,(H,15,18)(H,16,17)(H,19,20). The van der Waals surface area contributed by atoms with Crippen LogP contribution in [0.25, 0.3) is 0 Å². The number of carboxylic acid groups (broad SMARTS) is 2. The van der Waals surface area contributed by atoms with Crippen LogP contribution in [0.15, 0.2) is 22.7 Å². The van der Waals surface area contributed by atoms with E-state index in [1.165, 1.54) is 6.07 Å². The average Bonchev–Trinajstić information content (AvgIpc) is 2.36.